The van der Waals surface area contributed by atoms with Crippen molar-refractivity contribution < 1.29 is 18.0 Å². The van der Waals surface area contributed by atoms with Crippen molar-refractivity contribution in [1.29, 1.82) is 0 Å². The van der Waals surface area contributed by atoms with Crippen LogP contribution in [0.5, 0.6) is 0 Å². The van der Waals surface area contributed by atoms with Crippen LogP contribution < -0.4 is 9.62 Å². The number of nitrogens with zero attached hydrogens (tertiary/aromatic N) is 2. The van der Waals surface area contributed by atoms with E-state index in [1.165, 1.54) is 4.90 Å². The number of carbonyl (C=O) groups is 2. The molecule has 0 aliphatic carbocycles. The molecule has 3 aromatic rings. The maximum absolute atomic E-state index is 14.1. The van der Waals surface area contributed by atoms with Crippen LogP contribution in [-0.4, -0.2) is 50.5 Å². The lowest BCUT2D eigenvalue weighted by atomic mass is 9.87. The number of carbonyl (C=O) groups excluding carboxylic acids is 2. The van der Waals surface area contributed by atoms with Gasteiger partial charge in [0.15, 0.2) is 0 Å². The number of hydrogen-bond acceptors (Lipinski definition) is 4. The topological polar surface area (TPSA) is 86.8 Å². The van der Waals surface area contributed by atoms with E-state index in [0.717, 1.165) is 38.1 Å². The Kier molecular flexibility index (Phi) is 11.2. The molecule has 0 aliphatic rings. The maximum Gasteiger partial charge on any atom is 0.244 e. The Morgan fingerprint density at radius 3 is 2.05 bits per heavy atom. The first kappa shape index (κ1) is 32.3. The molecule has 41 heavy (non-hydrogen) atoms. The molecule has 0 saturated carbocycles. The molecule has 0 saturated heterocycles. The van der Waals surface area contributed by atoms with Gasteiger partial charge in [0.1, 0.15) is 12.6 Å². The number of benzene rings is 3. The van der Waals surface area contributed by atoms with Crippen LogP contribution in [0.3, 0.4) is 0 Å². The molecule has 3 rings (SSSR count). The molecule has 0 heterocycles. The SMILES string of the molecule is CCCNC(=O)C(Cc1ccccc1)N(Cc1ccc(Br)cc1)C(=O)CN(c1ccc(C(C)(C)C)cc1)S(C)(=O)=O. The number of nitrogens with one attached hydrogen (secondary N) is 1. The van der Waals surface area contributed by atoms with Gasteiger partial charge in [0.05, 0.1) is 11.9 Å². The van der Waals surface area contributed by atoms with E-state index < -0.39 is 28.5 Å². The highest BCUT2D eigenvalue weighted by Crippen LogP contribution is 2.26. The minimum Gasteiger partial charge on any atom is -0.354 e. The van der Waals surface area contributed by atoms with Crippen molar-refractivity contribution >= 4 is 43.5 Å². The molecule has 220 valence electrons. The summed E-state index contributed by atoms with van der Waals surface area (Å²) in [4.78, 5) is 29.2. The van der Waals surface area contributed by atoms with Gasteiger partial charge in [-0.3, -0.25) is 13.9 Å². The van der Waals surface area contributed by atoms with Crippen molar-refractivity contribution in [3.8, 4) is 0 Å². The lowest BCUT2D eigenvalue weighted by molar-refractivity contribution is -0.140. The summed E-state index contributed by atoms with van der Waals surface area (Å²) in [5, 5.41) is 2.95. The first-order valence-corrected chi connectivity index (χ1v) is 16.4. The van der Waals surface area contributed by atoms with Gasteiger partial charge in [-0.05, 0) is 52.8 Å². The van der Waals surface area contributed by atoms with Crippen molar-refractivity contribution in [1.82, 2.24) is 10.2 Å². The molecule has 0 bridgehead atoms. The molecule has 0 aliphatic heterocycles. The highest BCUT2D eigenvalue weighted by atomic mass is 79.9. The predicted octanol–water partition coefficient (Wildman–Crippen LogP) is 5.68. The highest BCUT2D eigenvalue weighted by Gasteiger charge is 2.33. The maximum atomic E-state index is 14.1. The van der Waals surface area contributed by atoms with Gasteiger partial charge in [0.2, 0.25) is 21.8 Å². The van der Waals surface area contributed by atoms with Crippen LogP contribution in [0.15, 0.2) is 83.3 Å². The van der Waals surface area contributed by atoms with Crippen LogP contribution in [0.2, 0.25) is 0 Å². The van der Waals surface area contributed by atoms with Gasteiger partial charge >= 0.3 is 0 Å². The van der Waals surface area contributed by atoms with E-state index in [4.69, 9.17) is 0 Å². The molecule has 1 unspecified atom stereocenters. The van der Waals surface area contributed by atoms with Crippen LogP contribution in [0.4, 0.5) is 5.69 Å². The zero-order valence-electron chi connectivity index (χ0n) is 24.4. The summed E-state index contributed by atoms with van der Waals surface area (Å²) in [6.07, 6.45) is 2.13. The molecule has 1 atom stereocenters. The molecule has 1 N–H and O–H groups in total. The Labute approximate surface area is 253 Å². The molecule has 0 fully saturated rings. The van der Waals surface area contributed by atoms with Crippen molar-refractivity contribution in [3.63, 3.8) is 0 Å². The number of sulfonamides is 1. The number of anilines is 1. The minimum absolute atomic E-state index is 0.109. The van der Waals surface area contributed by atoms with Gasteiger partial charge < -0.3 is 10.2 Å². The number of hydrogen-bond donors (Lipinski definition) is 1. The van der Waals surface area contributed by atoms with Gasteiger partial charge in [-0.15, -0.1) is 0 Å². The Balaban J connectivity index is 2.03. The second-order valence-electron chi connectivity index (χ2n) is 11.2. The molecule has 0 spiro atoms. The summed E-state index contributed by atoms with van der Waals surface area (Å²) < 4.78 is 28.0. The van der Waals surface area contributed by atoms with Gasteiger partial charge in [0, 0.05) is 24.0 Å². The fraction of sp³-hybridized carbons (Fsp3) is 0.375. The third-order valence-corrected chi connectivity index (χ3v) is 8.46. The standard InChI is InChI=1S/C32H40BrN3O4S/c1-6-20-34-31(38)29(21-24-10-8-7-9-11-24)35(22-25-12-16-27(33)17-13-25)30(37)23-36(41(5,39)40)28-18-14-26(15-19-28)32(2,3)4/h7-19,29H,6,20-23H2,1-5H3,(H,34,38). The third-order valence-electron chi connectivity index (χ3n) is 6.79. The third kappa shape index (κ3) is 9.43. The second-order valence-corrected chi connectivity index (χ2v) is 14.0. The normalized spacial score (nSPS) is 12.4. The predicted molar refractivity (Wildman–Crippen MR) is 169 cm³/mol. The zero-order valence-corrected chi connectivity index (χ0v) is 26.8. The lowest BCUT2D eigenvalue weighted by Crippen LogP contribution is -2.53. The quantitative estimate of drug-likeness (QED) is 0.276. The van der Waals surface area contributed by atoms with E-state index in [9.17, 15) is 18.0 Å². The largest absolute Gasteiger partial charge is 0.354 e. The Bertz CT molecular complexity index is 1400. The number of amides is 2. The summed E-state index contributed by atoms with van der Waals surface area (Å²) in [5.74, 6) is -0.743. The van der Waals surface area contributed by atoms with Crippen LogP contribution in [0, 0.1) is 0 Å². The highest BCUT2D eigenvalue weighted by molar-refractivity contribution is 9.10. The van der Waals surface area contributed by atoms with Gasteiger partial charge in [0.25, 0.3) is 0 Å². The van der Waals surface area contributed by atoms with E-state index in [1.54, 1.807) is 12.1 Å². The Morgan fingerprint density at radius 1 is 0.902 bits per heavy atom. The summed E-state index contributed by atoms with van der Waals surface area (Å²) in [7, 11) is -3.81. The Hall–Kier alpha value is -3.17. The van der Waals surface area contributed by atoms with E-state index in [0.29, 0.717) is 12.2 Å². The molecule has 2 amide bonds. The molecule has 3 aromatic carbocycles. The van der Waals surface area contributed by atoms with Crippen LogP contribution in [-0.2, 0) is 38.0 Å². The molecule has 7 nitrogen and oxygen atoms in total. The molecule has 0 aromatic heterocycles. The number of rotatable bonds is 12. The molecular formula is C32H40BrN3O4S. The summed E-state index contributed by atoms with van der Waals surface area (Å²) in [6.45, 7) is 8.38. The van der Waals surface area contributed by atoms with Gasteiger partial charge in [-0.25, -0.2) is 8.42 Å². The van der Waals surface area contributed by atoms with Crippen molar-refractivity contribution in [2.24, 2.45) is 0 Å². The van der Waals surface area contributed by atoms with Crippen molar-refractivity contribution in [3.05, 3.63) is 100 Å². The summed E-state index contributed by atoms with van der Waals surface area (Å²) >= 11 is 3.45. The van der Waals surface area contributed by atoms with Gasteiger partial charge in [-0.1, -0.05) is 98.2 Å². The minimum atomic E-state index is -3.81. The first-order chi connectivity index (χ1) is 19.3. The van der Waals surface area contributed by atoms with E-state index in [1.807, 2.05) is 73.7 Å². The summed E-state index contributed by atoms with van der Waals surface area (Å²) in [6, 6.07) is 23.4. The molecule has 0 radical (unpaired) electrons. The number of halogens is 1. The van der Waals surface area contributed by atoms with Crippen LogP contribution in [0.1, 0.15) is 50.8 Å². The summed E-state index contributed by atoms with van der Waals surface area (Å²) in [5.41, 5.74) is 3.06. The van der Waals surface area contributed by atoms with Crippen LogP contribution >= 0.6 is 15.9 Å². The van der Waals surface area contributed by atoms with Crippen LogP contribution in [0.25, 0.3) is 0 Å². The monoisotopic (exact) mass is 641 g/mol. The first-order valence-electron chi connectivity index (χ1n) is 13.7. The van der Waals surface area contributed by atoms with E-state index in [-0.39, 0.29) is 24.3 Å². The van der Waals surface area contributed by atoms with Gasteiger partial charge in [-0.2, -0.15) is 0 Å². The van der Waals surface area contributed by atoms with Crippen molar-refractivity contribution in [2.45, 2.75) is 58.5 Å². The fourth-order valence-electron chi connectivity index (χ4n) is 4.45. The molecular weight excluding hydrogens is 602 g/mol. The lowest BCUT2D eigenvalue weighted by Gasteiger charge is -2.33. The average Bonchev–Trinajstić information content (AvgIpc) is 2.92. The Morgan fingerprint density at radius 2 is 1.51 bits per heavy atom. The average molecular weight is 643 g/mol. The molecule has 9 heteroatoms. The van der Waals surface area contributed by atoms with E-state index >= 15 is 0 Å². The van der Waals surface area contributed by atoms with Crippen molar-refractivity contribution in [2.75, 3.05) is 23.7 Å². The zero-order chi connectivity index (χ0) is 30.2. The second kappa shape index (κ2) is 14.1. The van der Waals surface area contributed by atoms with E-state index in [2.05, 4.69) is 42.0 Å². The smallest absolute Gasteiger partial charge is 0.244 e. The fourth-order valence-corrected chi connectivity index (χ4v) is 5.56.